The van der Waals surface area contributed by atoms with Gasteiger partial charge in [0.05, 0.1) is 10.9 Å². The highest BCUT2D eigenvalue weighted by molar-refractivity contribution is 7.89. The Morgan fingerprint density at radius 1 is 1.33 bits per heavy atom. The summed E-state index contributed by atoms with van der Waals surface area (Å²) < 4.78 is 26.7. The van der Waals surface area contributed by atoms with Gasteiger partial charge in [-0.15, -0.1) is 0 Å². The third kappa shape index (κ3) is 4.80. The summed E-state index contributed by atoms with van der Waals surface area (Å²) in [5.41, 5.74) is 5.98. The number of rotatable bonds is 8. The van der Waals surface area contributed by atoms with E-state index in [-0.39, 0.29) is 10.9 Å². The number of benzene rings is 1. The molecule has 2 atom stereocenters. The van der Waals surface area contributed by atoms with Crippen LogP contribution >= 0.6 is 0 Å². The number of hydrogen-bond acceptors (Lipinski definition) is 4. The van der Waals surface area contributed by atoms with E-state index in [9.17, 15) is 13.2 Å². The van der Waals surface area contributed by atoms with E-state index in [2.05, 4.69) is 10.0 Å². The zero-order valence-corrected chi connectivity index (χ0v) is 13.4. The highest BCUT2D eigenvalue weighted by Crippen LogP contribution is 2.20. The third-order valence-corrected chi connectivity index (χ3v) is 4.73. The van der Waals surface area contributed by atoms with Crippen molar-refractivity contribution in [3.05, 3.63) is 29.8 Å². The fourth-order valence-corrected chi connectivity index (χ4v) is 3.27. The summed E-state index contributed by atoms with van der Waals surface area (Å²) in [6.45, 7) is 6.24. The van der Waals surface area contributed by atoms with Crippen molar-refractivity contribution in [1.82, 2.24) is 10.0 Å². The van der Waals surface area contributed by atoms with E-state index in [1.54, 1.807) is 12.1 Å². The van der Waals surface area contributed by atoms with Gasteiger partial charge in [-0.05, 0) is 37.6 Å². The zero-order valence-electron chi connectivity index (χ0n) is 12.6. The van der Waals surface area contributed by atoms with Crippen LogP contribution in [-0.2, 0) is 14.8 Å². The van der Waals surface area contributed by atoms with E-state index in [1.165, 1.54) is 13.0 Å². The molecule has 0 aromatic heterocycles. The minimum Gasteiger partial charge on any atom is -0.368 e. The van der Waals surface area contributed by atoms with Crippen molar-refractivity contribution in [2.45, 2.75) is 44.2 Å². The molecule has 118 valence electrons. The largest absolute Gasteiger partial charge is 0.368 e. The number of amides is 1. The predicted octanol–water partition coefficient (Wildman–Crippen LogP) is 0.899. The van der Waals surface area contributed by atoms with Crippen LogP contribution in [0, 0.1) is 0 Å². The highest BCUT2D eigenvalue weighted by atomic mass is 32.2. The molecule has 4 N–H and O–H groups in total. The molecule has 0 bridgehead atoms. The van der Waals surface area contributed by atoms with Gasteiger partial charge in [0, 0.05) is 6.04 Å². The van der Waals surface area contributed by atoms with Crippen LogP contribution in [0.2, 0.25) is 0 Å². The maximum atomic E-state index is 12.2. The summed E-state index contributed by atoms with van der Waals surface area (Å²) in [5.74, 6) is -0.714. The van der Waals surface area contributed by atoms with Gasteiger partial charge in [0.25, 0.3) is 0 Å². The molecule has 0 saturated carbocycles. The van der Waals surface area contributed by atoms with E-state index in [0.717, 1.165) is 18.5 Å². The standard InChI is InChI=1S/C14H23N3O3S/c1-4-13(16-5-2)11-7-6-8-12(9-11)21(19,20)17-10(3)14(15)18/h6-10,13,16-17H,4-5H2,1-3H3,(H2,15,18). The van der Waals surface area contributed by atoms with E-state index in [4.69, 9.17) is 5.73 Å². The average molecular weight is 313 g/mol. The summed E-state index contributed by atoms with van der Waals surface area (Å²) in [7, 11) is -3.76. The summed E-state index contributed by atoms with van der Waals surface area (Å²) in [5, 5.41) is 3.30. The Labute approximate surface area is 126 Å². The van der Waals surface area contributed by atoms with Crippen molar-refractivity contribution >= 4 is 15.9 Å². The van der Waals surface area contributed by atoms with Gasteiger partial charge in [0.2, 0.25) is 15.9 Å². The summed E-state index contributed by atoms with van der Waals surface area (Å²) in [6, 6.07) is 5.84. The molecular formula is C14H23N3O3S. The normalized spacial score (nSPS) is 14.6. The Morgan fingerprint density at radius 2 is 2.00 bits per heavy atom. The first kappa shape index (κ1) is 17.6. The molecule has 1 aromatic rings. The molecule has 2 unspecified atom stereocenters. The fraction of sp³-hybridized carbons (Fsp3) is 0.500. The van der Waals surface area contributed by atoms with Crippen molar-refractivity contribution in [3.8, 4) is 0 Å². The first-order valence-electron chi connectivity index (χ1n) is 6.96. The second-order valence-electron chi connectivity index (χ2n) is 4.84. The van der Waals surface area contributed by atoms with Gasteiger partial charge in [-0.1, -0.05) is 26.0 Å². The number of nitrogens with two attached hydrogens (primary N) is 1. The Kier molecular flexibility index (Phi) is 6.32. The minimum absolute atomic E-state index is 0.0960. The van der Waals surface area contributed by atoms with E-state index in [1.807, 2.05) is 19.9 Å². The lowest BCUT2D eigenvalue weighted by atomic mass is 10.0. The molecule has 1 rings (SSSR count). The van der Waals surface area contributed by atoms with Gasteiger partial charge in [0.15, 0.2) is 0 Å². The molecule has 0 spiro atoms. The SMILES string of the molecule is CCNC(CC)c1cccc(S(=O)(=O)NC(C)C(N)=O)c1. The molecule has 6 nitrogen and oxygen atoms in total. The van der Waals surface area contributed by atoms with Crippen LogP contribution < -0.4 is 15.8 Å². The van der Waals surface area contributed by atoms with Gasteiger partial charge in [-0.2, -0.15) is 4.72 Å². The Morgan fingerprint density at radius 3 is 2.52 bits per heavy atom. The van der Waals surface area contributed by atoms with Crippen molar-refractivity contribution in [2.75, 3.05) is 6.54 Å². The molecule has 7 heteroatoms. The van der Waals surface area contributed by atoms with Gasteiger partial charge in [-0.3, -0.25) is 4.79 Å². The molecular weight excluding hydrogens is 290 g/mol. The van der Waals surface area contributed by atoms with E-state index >= 15 is 0 Å². The van der Waals surface area contributed by atoms with E-state index < -0.39 is 22.0 Å². The minimum atomic E-state index is -3.76. The molecule has 0 saturated heterocycles. The van der Waals surface area contributed by atoms with Crippen molar-refractivity contribution < 1.29 is 13.2 Å². The molecule has 0 aliphatic carbocycles. The number of primary amides is 1. The van der Waals surface area contributed by atoms with Crippen LogP contribution in [0.25, 0.3) is 0 Å². The molecule has 0 fully saturated rings. The summed E-state index contributed by atoms with van der Waals surface area (Å²) in [4.78, 5) is 11.1. The topological polar surface area (TPSA) is 101 Å². The number of nitrogens with one attached hydrogen (secondary N) is 2. The molecule has 0 heterocycles. The first-order valence-corrected chi connectivity index (χ1v) is 8.45. The van der Waals surface area contributed by atoms with Crippen LogP contribution in [0.4, 0.5) is 0 Å². The van der Waals surface area contributed by atoms with Crippen LogP contribution in [0.5, 0.6) is 0 Å². The average Bonchev–Trinajstić information content (AvgIpc) is 2.44. The second-order valence-corrected chi connectivity index (χ2v) is 6.55. The molecule has 0 aliphatic rings. The maximum Gasteiger partial charge on any atom is 0.241 e. The van der Waals surface area contributed by atoms with Crippen molar-refractivity contribution in [2.24, 2.45) is 5.73 Å². The zero-order chi connectivity index (χ0) is 16.0. The van der Waals surface area contributed by atoms with E-state index in [0.29, 0.717) is 0 Å². The number of carbonyl (C=O) groups excluding carboxylic acids is 1. The van der Waals surface area contributed by atoms with Gasteiger partial charge in [0.1, 0.15) is 0 Å². The molecule has 21 heavy (non-hydrogen) atoms. The third-order valence-electron chi connectivity index (χ3n) is 3.19. The van der Waals surface area contributed by atoms with Crippen molar-refractivity contribution in [3.63, 3.8) is 0 Å². The lowest BCUT2D eigenvalue weighted by Gasteiger charge is -2.17. The van der Waals surface area contributed by atoms with Crippen LogP contribution in [0.15, 0.2) is 29.2 Å². The lowest BCUT2D eigenvalue weighted by Crippen LogP contribution is -2.42. The Hall–Kier alpha value is -1.44. The summed E-state index contributed by atoms with van der Waals surface area (Å²) >= 11 is 0. The highest BCUT2D eigenvalue weighted by Gasteiger charge is 2.21. The first-order chi connectivity index (χ1) is 9.81. The monoisotopic (exact) mass is 313 g/mol. The smallest absolute Gasteiger partial charge is 0.241 e. The number of carbonyl (C=O) groups is 1. The van der Waals surface area contributed by atoms with Crippen molar-refractivity contribution in [1.29, 1.82) is 0 Å². The van der Waals surface area contributed by atoms with Crippen LogP contribution in [0.3, 0.4) is 0 Å². The second kappa shape index (κ2) is 7.53. The van der Waals surface area contributed by atoms with Gasteiger partial charge < -0.3 is 11.1 Å². The molecule has 1 amide bonds. The molecule has 1 aromatic carbocycles. The quantitative estimate of drug-likeness (QED) is 0.663. The molecule has 0 radical (unpaired) electrons. The number of sulfonamides is 1. The summed E-state index contributed by atoms with van der Waals surface area (Å²) in [6.07, 6.45) is 0.850. The van der Waals surface area contributed by atoms with Crippen LogP contribution in [0.1, 0.15) is 38.8 Å². The molecule has 0 aliphatic heterocycles. The Bertz CT molecular complexity index is 587. The Balaban J connectivity index is 3.06. The van der Waals surface area contributed by atoms with Gasteiger partial charge in [-0.25, -0.2) is 8.42 Å². The van der Waals surface area contributed by atoms with Crippen LogP contribution in [-0.4, -0.2) is 26.9 Å². The van der Waals surface area contributed by atoms with Gasteiger partial charge >= 0.3 is 0 Å². The maximum absolute atomic E-state index is 12.2. The lowest BCUT2D eigenvalue weighted by molar-refractivity contribution is -0.119. The number of hydrogen-bond donors (Lipinski definition) is 3. The predicted molar refractivity (Wildman–Crippen MR) is 82.1 cm³/mol. The fourth-order valence-electron chi connectivity index (χ4n) is 2.00.